The van der Waals surface area contributed by atoms with Gasteiger partial charge in [0.15, 0.2) is 0 Å². The third kappa shape index (κ3) is 4.25. The van der Waals surface area contributed by atoms with Crippen LogP contribution in [-0.4, -0.2) is 17.2 Å². The molecule has 0 fully saturated rings. The number of carboxylic acid groups (broad SMARTS) is 1. The summed E-state index contributed by atoms with van der Waals surface area (Å²) in [6, 6.07) is 13.0. The van der Waals surface area contributed by atoms with Crippen LogP contribution < -0.4 is 10.1 Å². The first-order valence-corrected chi connectivity index (χ1v) is 7.29. The van der Waals surface area contributed by atoms with Gasteiger partial charge in [-0.05, 0) is 56.2 Å². The van der Waals surface area contributed by atoms with Crippen LogP contribution in [0.1, 0.15) is 35.3 Å². The summed E-state index contributed by atoms with van der Waals surface area (Å²) in [5.41, 5.74) is 3.21. The first-order chi connectivity index (χ1) is 10.5. The highest BCUT2D eigenvalue weighted by atomic mass is 16.5. The van der Waals surface area contributed by atoms with Crippen molar-refractivity contribution in [1.82, 2.24) is 0 Å². The van der Waals surface area contributed by atoms with Crippen LogP contribution in [0.25, 0.3) is 0 Å². The lowest BCUT2D eigenvalue weighted by molar-refractivity contribution is 0.0697. The molecule has 2 aromatic rings. The normalized spacial score (nSPS) is 10.5. The zero-order valence-corrected chi connectivity index (χ0v) is 13.1. The summed E-state index contributed by atoms with van der Waals surface area (Å²) >= 11 is 0. The fraction of sp³-hybridized carbons (Fsp3) is 0.278. The fourth-order valence-corrected chi connectivity index (χ4v) is 2.14. The lowest BCUT2D eigenvalue weighted by Crippen LogP contribution is -2.07. The number of anilines is 1. The van der Waals surface area contributed by atoms with Crippen molar-refractivity contribution in [3.8, 4) is 5.75 Å². The second-order valence-corrected chi connectivity index (χ2v) is 5.50. The number of aromatic carboxylic acids is 1. The van der Waals surface area contributed by atoms with Gasteiger partial charge < -0.3 is 15.2 Å². The number of hydrogen-bond donors (Lipinski definition) is 2. The largest absolute Gasteiger partial charge is 0.491 e. The summed E-state index contributed by atoms with van der Waals surface area (Å²) < 4.78 is 5.68. The third-order valence-electron chi connectivity index (χ3n) is 3.24. The molecule has 4 nitrogen and oxygen atoms in total. The van der Waals surface area contributed by atoms with Crippen molar-refractivity contribution in [2.45, 2.75) is 33.4 Å². The van der Waals surface area contributed by atoms with Gasteiger partial charge in [-0.2, -0.15) is 0 Å². The number of carbonyl (C=O) groups is 1. The Kier molecular flexibility index (Phi) is 5.04. The minimum atomic E-state index is -0.921. The van der Waals surface area contributed by atoms with Crippen LogP contribution in [0.2, 0.25) is 0 Å². The van der Waals surface area contributed by atoms with Gasteiger partial charge in [0.2, 0.25) is 0 Å². The zero-order chi connectivity index (χ0) is 16.1. The SMILES string of the molecule is Cc1ccc(C(=O)O)cc1NCc1cccc(OC(C)C)c1. The van der Waals surface area contributed by atoms with E-state index in [1.807, 2.05) is 51.1 Å². The van der Waals surface area contributed by atoms with Crippen molar-refractivity contribution < 1.29 is 14.6 Å². The molecule has 4 heteroatoms. The molecule has 2 aromatic carbocycles. The topological polar surface area (TPSA) is 58.6 Å². The zero-order valence-electron chi connectivity index (χ0n) is 13.1. The molecule has 0 aliphatic rings. The maximum absolute atomic E-state index is 11.0. The minimum Gasteiger partial charge on any atom is -0.491 e. The van der Waals surface area contributed by atoms with E-state index in [4.69, 9.17) is 9.84 Å². The van der Waals surface area contributed by atoms with E-state index in [1.165, 1.54) is 0 Å². The van der Waals surface area contributed by atoms with Crippen LogP contribution in [0.15, 0.2) is 42.5 Å². The highest BCUT2D eigenvalue weighted by molar-refractivity contribution is 5.89. The Morgan fingerprint density at radius 3 is 2.68 bits per heavy atom. The monoisotopic (exact) mass is 299 g/mol. The first-order valence-electron chi connectivity index (χ1n) is 7.29. The van der Waals surface area contributed by atoms with Crippen LogP contribution in [-0.2, 0) is 6.54 Å². The molecule has 0 amide bonds. The van der Waals surface area contributed by atoms with Crippen molar-refractivity contribution in [3.63, 3.8) is 0 Å². The Morgan fingerprint density at radius 1 is 1.23 bits per heavy atom. The number of benzene rings is 2. The van der Waals surface area contributed by atoms with Crippen LogP contribution >= 0.6 is 0 Å². The van der Waals surface area contributed by atoms with Crippen LogP contribution in [0.4, 0.5) is 5.69 Å². The lowest BCUT2D eigenvalue weighted by Gasteiger charge is -2.13. The van der Waals surface area contributed by atoms with Gasteiger partial charge in [-0.1, -0.05) is 18.2 Å². The molecule has 0 unspecified atom stereocenters. The maximum atomic E-state index is 11.0. The molecule has 116 valence electrons. The van der Waals surface area contributed by atoms with Crippen molar-refractivity contribution in [2.75, 3.05) is 5.32 Å². The molecule has 0 atom stereocenters. The number of ether oxygens (including phenoxy) is 1. The molecule has 0 saturated heterocycles. The number of carboxylic acids is 1. The van der Waals surface area contributed by atoms with E-state index in [2.05, 4.69) is 5.32 Å². The Labute approximate surface area is 130 Å². The Balaban J connectivity index is 2.10. The lowest BCUT2D eigenvalue weighted by atomic mass is 10.1. The van der Waals surface area contributed by atoms with Crippen molar-refractivity contribution >= 4 is 11.7 Å². The summed E-state index contributed by atoms with van der Waals surface area (Å²) in [6.45, 7) is 6.54. The Morgan fingerprint density at radius 2 is 2.00 bits per heavy atom. The predicted molar refractivity (Wildman–Crippen MR) is 87.7 cm³/mol. The van der Waals surface area contributed by atoms with Crippen LogP contribution in [0.5, 0.6) is 5.75 Å². The van der Waals surface area contributed by atoms with Gasteiger partial charge in [0.25, 0.3) is 0 Å². The smallest absolute Gasteiger partial charge is 0.335 e. The third-order valence-corrected chi connectivity index (χ3v) is 3.24. The summed E-state index contributed by atoms with van der Waals surface area (Å²) in [7, 11) is 0. The summed E-state index contributed by atoms with van der Waals surface area (Å²) in [4.78, 5) is 11.0. The maximum Gasteiger partial charge on any atom is 0.335 e. The van der Waals surface area contributed by atoms with Gasteiger partial charge in [0.1, 0.15) is 5.75 Å². The van der Waals surface area contributed by atoms with E-state index in [1.54, 1.807) is 12.1 Å². The van der Waals surface area contributed by atoms with E-state index in [9.17, 15) is 4.79 Å². The number of rotatable bonds is 6. The number of nitrogens with one attached hydrogen (secondary N) is 1. The molecule has 0 heterocycles. The minimum absolute atomic E-state index is 0.137. The molecule has 0 bridgehead atoms. The summed E-state index contributed by atoms with van der Waals surface area (Å²) in [5.74, 6) is -0.0827. The molecular formula is C18H21NO3. The second kappa shape index (κ2) is 6.98. The summed E-state index contributed by atoms with van der Waals surface area (Å²) in [6.07, 6.45) is 0.137. The van der Waals surface area contributed by atoms with Crippen molar-refractivity contribution in [1.29, 1.82) is 0 Å². The van der Waals surface area contributed by atoms with E-state index >= 15 is 0 Å². The van der Waals surface area contributed by atoms with Gasteiger partial charge >= 0.3 is 5.97 Å². The van der Waals surface area contributed by atoms with E-state index in [-0.39, 0.29) is 11.7 Å². The predicted octanol–water partition coefficient (Wildman–Crippen LogP) is 4.09. The van der Waals surface area contributed by atoms with Gasteiger partial charge in [0, 0.05) is 12.2 Å². The standard InChI is InChI=1S/C18H21NO3/c1-12(2)22-16-6-4-5-14(9-16)11-19-17-10-15(18(20)21)8-7-13(17)3/h4-10,12,19H,11H2,1-3H3,(H,20,21). The quantitative estimate of drug-likeness (QED) is 0.843. The van der Waals surface area contributed by atoms with Gasteiger partial charge in [-0.15, -0.1) is 0 Å². The molecule has 0 aliphatic heterocycles. The first kappa shape index (κ1) is 15.9. The Hall–Kier alpha value is -2.49. The average Bonchev–Trinajstić information content (AvgIpc) is 2.46. The van der Waals surface area contributed by atoms with E-state index in [0.29, 0.717) is 6.54 Å². The fourth-order valence-electron chi connectivity index (χ4n) is 2.14. The van der Waals surface area contributed by atoms with Gasteiger partial charge in [0.05, 0.1) is 11.7 Å². The molecule has 2 rings (SSSR count). The highest BCUT2D eigenvalue weighted by Gasteiger charge is 2.06. The van der Waals surface area contributed by atoms with Crippen LogP contribution in [0, 0.1) is 6.92 Å². The molecule has 0 saturated carbocycles. The van der Waals surface area contributed by atoms with Crippen molar-refractivity contribution in [3.05, 3.63) is 59.2 Å². The summed E-state index contributed by atoms with van der Waals surface area (Å²) in [5, 5.41) is 12.3. The molecule has 0 aromatic heterocycles. The molecule has 0 aliphatic carbocycles. The molecular weight excluding hydrogens is 278 g/mol. The highest BCUT2D eigenvalue weighted by Crippen LogP contribution is 2.20. The van der Waals surface area contributed by atoms with Crippen molar-refractivity contribution in [2.24, 2.45) is 0 Å². The number of hydrogen-bond acceptors (Lipinski definition) is 3. The molecule has 0 radical (unpaired) electrons. The molecule has 2 N–H and O–H groups in total. The van der Waals surface area contributed by atoms with Gasteiger partial charge in [-0.25, -0.2) is 4.79 Å². The Bertz CT molecular complexity index is 665. The second-order valence-electron chi connectivity index (χ2n) is 5.50. The van der Waals surface area contributed by atoms with Gasteiger partial charge in [-0.3, -0.25) is 0 Å². The number of aryl methyl sites for hydroxylation is 1. The van der Waals surface area contributed by atoms with E-state index < -0.39 is 5.97 Å². The van der Waals surface area contributed by atoms with E-state index in [0.717, 1.165) is 22.6 Å². The molecule has 0 spiro atoms. The molecule has 22 heavy (non-hydrogen) atoms. The average molecular weight is 299 g/mol. The van der Waals surface area contributed by atoms with Crippen LogP contribution in [0.3, 0.4) is 0 Å².